The van der Waals surface area contributed by atoms with Crippen LogP contribution in [0.15, 0.2) is 18.2 Å². The monoisotopic (exact) mass is 334 g/mol. The van der Waals surface area contributed by atoms with Crippen LogP contribution in [0.2, 0.25) is 0 Å². The van der Waals surface area contributed by atoms with Gasteiger partial charge in [-0.3, -0.25) is 4.79 Å². The third kappa shape index (κ3) is 3.98. The number of alkyl halides is 2. The molecular formula is C14H17ClF2N2O3. The molecular weight excluding hydrogens is 318 g/mol. The Kier molecular flexibility index (Phi) is 5.08. The topological polar surface area (TPSA) is 59.6 Å². The van der Waals surface area contributed by atoms with Gasteiger partial charge in [-0.05, 0) is 37.9 Å². The molecule has 22 heavy (non-hydrogen) atoms. The number of benzene rings is 1. The van der Waals surface area contributed by atoms with Crippen LogP contribution < -0.4 is 20.1 Å². The molecule has 2 aliphatic rings. The van der Waals surface area contributed by atoms with Crippen LogP contribution in [-0.4, -0.2) is 24.8 Å². The largest absolute Gasteiger partial charge is 0.586 e. The molecule has 1 unspecified atom stereocenters. The van der Waals surface area contributed by atoms with Crippen LogP contribution in [0.4, 0.5) is 14.5 Å². The fourth-order valence-electron chi connectivity index (χ4n) is 2.56. The van der Waals surface area contributed by atoms with Crippen LogP contribution in [-0.2, 0) is 4.79 Å². The Bertz CT molecular complexity index is 551. The van der Waals surface area contributed by atoms with Crippen molar-refractivity contribution in [2.24, 2.45) is 0 Å². The zero-order valence-electron chi connectivity index (χ0n) is 11.7. The molecule has 122 valence electrons. The molecule has 0 radical (unpaired) electrons. The number of hydrogen-bond acceptors (Lipinski definition) is 4. The van der Waals surface area contributed by atoms with Crippen LogP contribution in [0.5, 0.6) is 11.5 Å². The lowest BCUT2D eigenvalue weighted by molar-refractivity contribution is -0.286. The average molecular weight is 335 g/mol. The van der Waals surface area contributed by atoms with Crippen molar-refractivity contribution in [2.45, 2.75) is 38.0 Å². The number of fused-ring (bicyclic) bond motifs is 1. The van der Waals surface area contributed by atoms with E-state index in [0.717, 1.165) is 25.8 Å². The fourth-order valence-corrected chi connectivity index (χ4v) is 2.56. The number of carbonyl (C=O) groups excluding carboxylic acids is 1. The van der Waals surface area contributed by atoms with E-state index in [1.165, 1.54) is 18.2 Å². The van der Waals surface area contributed by atoms with E-state index in [1.807, 2.05) is 0 Å². The molecule has 1 fully saturated rings. The molecule has 3 rings (SSSR count). The SMILES string of the molecule is Cl.O=C(CCC1CCCN1)Nc1ccc2c(c1)OC(F)(F)O2. The van der Waals surface area contributed by atoms with Gasteiger partial charge in [0.15, 0.2) is 11.5 Å². The van der Waals surface area contributed by atoms with Crippen LogP contribution >= 0.6 is 12.4 Å². The van der Waals surface area contributed by atoms with Crippen molar-refractivity contribution in [1.82, 2.24) is 5.32 Å². The summed E-state index contributed by atoms with van der Waals surface area (Å²) in [6.45, 7) is 1.00. The molecule has 0 saturated carbocycles. The number of nitrogens with one attached hydrogen (secondary N) is 2. The maximum Gasteiger partial charge on any atom is 0.586 e. The number of rotatable bonds is 4. The summed E-state index contributed by atoms with van der Waals surface area (Å²) in [6, 6.07) is 4.59. The molecule has 5 nitrogen and oxygen atoms in total. The Morgan fingerprint density at radius 3 is 2.86 bits per heavy atom. The quantitative estimate of drug-likeness (QED) is 0.889. The van der Waals surface area contributed by atoms with Gasteiger partial charge < -0.3 is 20.1 Å². The number of carbonyl (C=O) groups is 1. The van der Waals surface area contributed by atoms with Gasteiger partial charge in [-0.1, -0.05) is 0 Å². The minimum absolute atomic E-state index is 0. The highest BCUT2D eigenvalue weighted by Gasteiger charge is 2.43. The minimum atomic E-state index is -3.64. The van der Waals surface area contributed by atoms with E-state index in [1.54, 1.807) is 0 Å². The summed E-state index contributed by atoms with van der Waals surface area (Å²) in [5, 5.41) is 5.99. The Balaban J connectivity index is 0.00000176. The average Bonchev–Trinajstić information content (AvgIpc) is 3.01. The number of hydrogen-bond donors (Lipinski definition) is 2. The molecule has 1 amide bonds. The summed E-state index contributed by atoms with van der Waals surface area (Å²) in [4.78, 5) is 11.8. The molecule has 2 heterocycles. The van der Waals surface area contributed by atoms with Crippen LogP contribution in [0.1, 0.15) is 25.7 Å². The first-order valence-electron chi connectivity index (χ1n) is 6.95. The maximum atomic E-state index is 12.9. The number of ether oxygens (including phenoxy) is 2. The number of halogens is 3. The number of anilines is 1. The van der Waals surface area contributed by atoms with E-state index in [4.69, 9.17) is 0 Å². The smallest absolute Gasteiger partial charge is 0.395 e. The lowest BCUT2D eigenvalue weighted by Gasteiger charge is -2.10. The highest BCUT2D eigenvalue weighted by molar-refractivity contribution is 5.91. The van der Waals surface area contributed by atoms with E-state index in [0.29, 0.717) is 18.2 Å². The molecule has 1 aromatic carbocycles. The van der Waals surface area contributed by atoms with Crippen molar-refractivity contribution in [2.75, 3.05) is 11.9 Å². The highest BCUT2D eigenvalue weighted by atomic mass is 35.5. The Morgan fingerprint density at radius 1 is 1.36 bits per heavy atom. The van der Waals surface area contributed by atoms with Crippen LogP contribution in [0, 0.1) is 0 Å². The van der Waals surface area contributed by atoms with Crippen molar-refractivity contribution in [3.8, 4) is 11.5 Å². The molecule has 1 saturated heterocycles. The van der Waals surface area contributed by atoms with E-state index < -0.39 is 6.29 Å². The summed E-state index contributed by atoms with van der Waals surface area (Å²) in [5.74, 6) is -0.252. The van der Waals surface area contributed by atoms with E-state index in [2.05, 4.69) is 20.1 Å². The van der Waals surface area contributed by atoms with E-state index in [-0.39, 0.29) is 29.8 Å². The zero-order valence-corrected chi connectivity index (χ0v) is 12.6. The summed E-state index contributed by atoms with van der Waals surface area (Å²) in [6.07, 6.45) is -0.245. The van der Waals surface area contributed by atoms with Crippen molar-refractivity contribution in [1.29, 1.82) is 0 Å². The van der Waals surface area contributed by atoms with Crippen LogP contribution in [0.25, 0.3) is 0 Å². The maximum absolute atomic E-state index is 12.9. The molecule has 0 aromatic heterocycles. The van der Waals surface area contributed by atoms with Crippen molar-refractivity contribution < 1.29 is 23.0 Å². The van der Waals surface area contributed by atoms with E-state index >= 15 is 0 Å². The van der Waals surface area contributed by atoms with Crippen molar-refractivity contribution in [3.05, 3.63) is 18.2 Å². The second-order valence-corrected chi connectivity index (χ2v) is 5.21. The predicted octanol–water partition coefficient (Wildman–Crippen LogP) is 2.90. The van der Waals surface area contributed by atoms with Gasteiger partial charge in [0.1, 0.15) is 0 Å². The summed E-state index contributed by atoms with van der Waals surface area (Å²) in [5.41, 5.74) is 0.416. The normalized spacial score (nSPS) is 21.3. The zero-order chi connectivity index (χ0) is 14.9. The lowest BCUT2D eigenvalue weighted by atomic mass is 10.1. The Hall–Kier alpha value is -1.60. The first kappa shape index (κ1) is 16.8. The van der Waals surface area contributed by atoms with Gasteiger partial charge in [-0.2, -0.15) is 0 Å². The molecule has 0 spiro atoms. The second kappa shape index (κ2) is 6.66. The molecule has 1 atom stereocenters. The van der Waals surface area contributed by atoms with Gasteiger partial charge in [0.2, 0.25) is 5.91 Å². The van der Waals surface area contributed by atoms with Gasteiger partial charge >= 0.3 is 6.29 Å². The van der Waals surface area contributed by atoms with Gasteiger partial charge in [0.25, 0.3) is 0 Å². The molecule has 0 bridgehead atoms. The Morgan fingerprint density at radius 2 is 2.14 bits per heavy atom. The molecule has 2 N–H and O–H groups in total. The van der Waals surface area contributed by atoms with Crippen molar-refractivity contribution in [3.63, 3.8) is 0 Å². The van der Waals surface area contributed by atoms with Gasteiger partial charge in [-0.15, -0.1) is 21.2 Å². The minimum Gasteiger partial charge on any atom is -0.395 e. The second-order valence-electron chi connectivity index (χ2n) is 5.21. The summed E-state index contributed by atoms with van der Waals surface area (Å²) >= 11 is 0. The van der Waals surface area contributed by atoms with E-state index in [9.17, 15) is 13.6 Å². The highest BCUT2D eigenvalue weighted by Crippen LogP contribution is 2.42. The third-order valence-corrected chi connectivity index (χ3v) is 3.57. The third-order valence-electron chi connectivity index (χ3n) is 3.57. The summed E-state index contributed by atoms with van der Waals surface area (Å²) < 4.78 is 34.4. The van der Waals surface area contributed by atoms with Gasteiger partial charge in [-0.25, -0.2) is 0 Å². The first-order valence-corrected chi connectivity index (χ1v) is 6.95. The van der Waals surface area contributed by atoms with Gasteiger partial charge in [0, 0.05) is 24.2 Å². The fraction of sp³-hybridized carbons (Fsp3) is 0.500. The number of amides is 1. The standard InChI is InChI=1S/C14H16F2N2O3.ClH/c15-14(16)20-11-5-3-10(8-12(11)21-14)18-13(19)6-4-9-2-1-7-17-9;/h3,5,8-9,17H,1-2,4,6-7H2,(H,18,19);1H. The summed E-state index contributed by atoms with van der Waals surface area (Å²) in [7, 11) is 0. The first-order chi connectivity index (χ1) is 10.0. The van der Waals surface area contributed by atoms with Crippen molar-refractivity contribution >= 4 is 24.0 Å². The molecule has 8 heteroatoms. The van der Waals surface area contributed by atoms with Crippen LogP contribution in [0.3, 0.4) is 0 Å². The molecule has 1 aromatic rings. The van der Waals surface area contributed by atoms with Gasteiger partial charge in [0.05, 0.1) is 0 Å². The molecule has 2 aliphatic heterocycles. The Labute approximate surface area is 132 Å². The lowest BCUT2D eigenvalue weighted by Crippen LogP contribution is -2.25. The predicted molar refractivity (Wildman–Crippen MR) is 78.8 cm³/mol. The molecule has 0 aliphatic carbocycles.